The normalized spacial score (nSPS) is 18.6. The van der Waals surface area contributed by atoms with Gasteiger partial charge < -0.3 is 42.8 Å². The van der Waals surface area contributed by atoms with Crippen molar-refractivity contribution in [2.24, 2.45) is 0 Å². The van der Waals surface area contributed by atoms with Crippen LogP contribution < -0.4 is 18.9 Å². The van der Waals surface area contributed by atoms with Crippen molar-refractivity contribution >= 4 is 5.97 Å². The zero-order chi connectivity index (χ0) is 27.3. The van der Waals surface area contributed by atoms with Gasteiger partial charge in [0.05, 0.1) is 35.0 Å². The maximum absolute atomic E-state index is 13.5. The highest BCUT2D eigenvalue weighted by atomic mass is 16.7. The Balaban J connectivity index is 1.90. The van der Waals surface area contributed by atoms with E-state index in [9.17, 15) is 4.79 Å². The molecule has 1 atom stereocenters. The molecule has 1 unspecified atom stereocenters. The van der Waals surface area contributed by atoms with Crippen LogP contribution in [0.15, 0.2) is 59.6 Å². The van der Waals surface area contributed by atoms with E-state index in [1.165, 1.54) is 6.26 Å². The molecule has 10 heteroatoms. The molecule has 10 nitrogen and oxygen atoms in total. The van der Waals surface area contributed by atoms with Gasteiger partial charge in [0.15, 0.2) is 17.3 Å². The molecule has 0 N–H and O–H groups in total. The Morgan fingerprint density at radius 2 is 1.63 bits per heavy atom. The molecule has 0 radical (unpaired) electrons. The average Bonchev–Trinajstić information content (AvgIpc) is 3.54. The van der Waals surface area contributed by atoms with E-state index < -0.39 is 11.8 Å². The Morgan fingerprint density at radius 1 is 0.947 bits per heavy atom. The molecule has 38 heavy (non-hydrogen) atoms. The van der Waals surface area contributed by atoms with Gasteiger partial charge in [0.25, 0.3) is 5.79 Å². The van der Waals surface area contributed by atoms with Crippen molar-refractivity contribution in [3.8, 4) is 23.0 Å². The molecule has 2 aromatic rings. The van der Waals surface area contributed by atoms with E-state index in [0.717, 1.165) is 5.56 Å². The van der Waals surface area contributed by atoms with Crippen LogP contribution in [0.5, 0.6) is 23.0 Å². The average molecular weight is 528 g/mol. The minimum atomic E-state index is -1.53. The van der Waals surface area contributed by atoms with Crippen LogP contribution in [0.1, 0.15) is 11.1 Å². The van der Waals surface area contributed by atoms with Gasteiger partial charge in [-0.3, -0.25) is 0 Å². The SMILES string of the molecule is COc1ccc(C2(OCCN(C)C)OC(=O)C(C3=COCO3)=C2Cc2cc(OC)c(OC)c(OC)c2)cc1. The highest BCUT2D eigenvalue weighted by molar-refractivity contribution is 5.97. The molecule has 0 saturated carbocycles. The summed E-state index contributed by atoms with van der Waals surface area (Å²) in [4.78, 5) is 15.5. The van der Waals surface area contributed by atoms with Crippen molar-refractivity contribution in [2.75, 3.05) is 62.5 Å². The number of methoxy groups -OCH3 is 4. The smallest absolute Gasteiger partial charge is 0.345 e. The molecule has 2 heterocycles. The second-order valence-corrected chi connectivity index (χ2v) is 8.86. The Morgan fingerprint density at radius 3 is 2.16 bits per heavy atom. The number of nitrogens with zero attached hydrogens (tertiary/aromatic N) is 1. The number of cyclic esters (lactones) is 1. The van der Waals surface area contributed by atoms with Gasteiger partial charge in [-0.1, -0.05) is 0 Å². The van der Waals surface area contributed by atoms with Crippen LogP contribution in [0.3, 0.4) is 0 Å². The molecule has 2 aliphatic heterocycles. The number of esters is 1. The molecule has 0 aliphatic carbocycles. The molecule has 2 aliphatic rings. The molecular weight excluding hydrogens is 494 g/mol. The topological polar surface area (TPSA) is 94.2 Å². The van der Waals surface area contributed by atoms with Crippen molar-refractivity contribution in [1.29, 1.82) is 0 Å². The van der Waals surface area contributed by atoms with E-state index >= 15 is 0 Å². The maximum atomic E-state index is 13.5. The minimum Gasteiger partial charge on any atom is -0.497 e. The Hall–Kier alpha value is -3.89. The second kappa shape index (κ2) is 11.7. The first-order valence-electron chi connectivity index (χ1n) is 12.0. The molecule has 2 aromatic carbocycles. The molecule has 0 aromatic heterocycles. The van der Waals surface area contributed by atoms with Crippen molar-refractivity contribution in [3.05, 3.63) is 70.7 Å². The third-order valence-corrected chi connectivity index (χ3v) is 6.28. The summed E-state index contributed by atoms with van der Waals surface area (Å²) in [6.07, 6.45) is 1.65. The van der Waals surface area contributed by atoms with E-state index in [-0.39, 0.29) is 31.2 Å². The van der Waals surface area contributed by atoms with E-state index in [4.69, 9.17) is 37.9 Å². The van der Waals surface area contributed by atoms with Crippen LogP contribution >= 0.6 is 0 Å². The predicted molar refractivity (Wildman–Crippen MR) is 137 cm³/mol. The lowest BCUT2D eigenvalue weighted by molar-refractivity contribution is -0.209. The van der Waals surface area contributed by atoms with E-state index in [1.807, 2.05) is 43.3 Å². The lowest BCUT2D eigenvalue weighted by Gasteiger charge is -2.32. The Bertz CT molecular complexity index is 1190. The zero-order valence-corrected chi connectivity index (χ0v) is 22.5. The summed E-state index contributed by atoms with van der Waals surface area (Å²) in [6, 6.07) is 10.9. The molecule has 4 rings (SSSR count). The fourth-order valence-corrected chi connectivity index (χ4v) is 4.41. The van der Waals surface area contributed by atoms with Gasteiger partial charge in [0.1, 0.15) is 17.6 Å². The quantitative estimate of drug-likeness (QED) is 0.382. The van der Waals surface area contributed by atoms with Gasteiger partial charge >= 0.3 is 5.97 Å². The van der Waals surface area contributed by atoms with Crippen LogP contribution in [0.2, 0.25) is 0 Å². The second-order valence-electron chi connectivity index (χ2n) is 8.86. The highest BCUT2D eigenvalue weighted by Crippen LogP contribution is 2.48. The number of carbonyl (C=O) groups excluding carboxylic acids is 1. The summed E-state index contributed by atoms with van der Waals surface area (Å²) in [6.45, 7) is 0.889. The minimum absolute atomic E-state index is 0.000593. The number of hydrogen-bond donors (Lipinski definition) is 0. The fraction of sp³-hybridized carbons (Fsp3) is 0.393. The summed E-state index contributed by atoms with van der Waals surface area (Å²) < 4.78 is 45.4. The number of rotatable bonds is 12. The third-order valence-electron chi connectivity index (χ3n) is 6.28. The van der Waals surface area contributed by atoms with Crippen LogP contribution in [0, 0.1) is 0 Å². The first-order chi connectivity index (χ1) is 18.4. The van der Waals surface area contributed by atoms with Crippen molar-refractivity contribution < 1.29 is 42.7 Å². The van der Waals surface area contributed by atoms with Crippen molar-refractivity contribution in [3.63, 3.8) is 0 Å². The van der Waals surface area contributed by atoms with Crippen LogP contribution in [-0.2, 0) is 35.9 Å². The standard InChI is InChI=1S/C28H33NO9/c1-29(2)11-12-37-28(19-7-9-20(31-3)10-8-19)21(25(27(30)38-28)24-16-35-17-36-24)13-18-14-22(32-4)26(34-6)23(15-18)33-5/h7-10,14-16H,11-13,17H2,1-6H3. The van der Waals surface area contributed by atoms with Crippen molar-refractivity contribution in [2.45, 2.75) is 12.2 Å². The van der Waals surface area contributed by atoms with Gasteiger partial charge in [-0.25, -0.2) is 4.79 Å². The number of carbonyl (C=O) groups is 1. The fourth-order valence-electron chi connectivity index (χ4n) is 4.41. The lowest BCUT2D eigenvalue weighted by atomic mass is 9.89. The third kappa shape index (κ3) is 5.23. The summed E-state index contributed by atoms with van der Waals surface area (Å²) >= 11 is 0. The molecule has 0 fully saturated rings. The summed E-state index contributed by atoms with van der Waals surface area (Å²) in [7, 11) is 10.1. The molecule has 0 spiro atoms. The van der Waals surface area contributed by atoms with Crippen LogP contribution in [-0.4, -0.2) is 73.3 Å². The predicted octanol–water partition coefficient (Wildman–Crippen LogP) is 3.39. The Kier molecular flexibility index (Phi) is 8.33. The van der Waals surface area contributed by atoms with E-state index in [0.29, 0.717) is 40.7 Å². The molecular formula is C28H33NO9. The van der Waals surface area contributed by atoms with Gasteiger partial charge in [0.2, 0.25) is 12.5 Å². The van der Waals surface area contributed by atoms with Gasteiger partial charge in [-0.2, -0.15) is 0 Å². The Labute approximate surface area is 222 Å². The molecule has 0 bridgehead atoms. The molecule has 204 valence electrons. The molecule has 0 amide bonds. The number of likely N-dealkylation sites (N-methyl/N-ethyl adjacent to an activating group) is 1. The maximum Gasteiger partial charge on any atom is 0.345 e. The summed E-state index contributed by atoms with van der Waals surface area (Å²) in [5, 5.41) is 0. The van der Waals surface area contributed by atoms with E-state index in [2.05, 4.69) is 0 Å². The first kappa shape index (κ1) is 27.2. The highest BCUT2D eigenvalue weighted by Gasteiger charge is 2.52. The first-order valence-corrected chi connectivity index (χ1v) is 12.0. The van der Waals surface area contributed by atoms with Gasteiger partial charge in [-0.15, -0.1) is 0 Å². The van der Waals surface area contributed by atoms with E-state index in [1.54, 1.807) is 40.6 Å². The summed E-state index contributed by atoms with van der Waals surface area (Å²) in [5.41, 5.74) is 2.20. The van der Waals surface area contributed by atoms with Crippen molar-refractivity contribution in [1.82, 2.24) is 4.90 Å². The van der Waals surface area contributed by atoms with Crippen LogP contribution in [0.25, 0.3) is 0 Å². The van der Waals surface area contributed by atoms with Gasteiger partial charge in [-0.05, 0) is 56.1 Å². The number of ether oxygens (including phenoxy) is 8. The number of benzene rings is 2. The largest absolute Gasteiger partial charge is 0.497 e. The zero-order valence-electron chi connectivity index (χ0n) is 22.5. The van der Waals surface area contributed by atoms with Gasteiger partial charge in [0, 0.05) is 24.1 Å². The van der Waals surface area contributed by atoms with Crippen LogP contribution in [0.4, 0.5) is 0 Å². The monoisotopic (exact) mass is 527 g/mol. The number of hydrogen-bond acceptors (Lipinski definition) is 10. The summed E-state index contributed by atoms with van der Waals surface area (Å²) in [5.74, 6) is 0.267. The molecule has 0 saturated heterocycles. The lowest BCUT2D eigenvalue weighted by Crippen LogP contribution is -2.36.